The van der Waals surface area contributed by atoms with Gasteiger partial charge in [0.05, 0.1) is 15.8 Å². The molecule has 0 aromatic heterocycles. The molecule has 1 atom stereocenters. The Balaban J connectivity index is 1.62. The molecule has 1 N–H and O–H groups in total. The highest BCUT2D eigenvalue weighted by Crippen LogP contribution is 2.26. The van der Waals surface area contributed by atoms with Crippen molar-refractivity contribution in [3.8, 4) is 0 Å². The van der Waals surface area contributed by atoms with Gasteiger partial charge in [-0.3, -0.25) is 9.59 Å². The van der Waals surface area contributed by atoms with Gasteiger partial charge in [-0.2, -0.15) is 0 Å². The quantitative estimate of drug-likeness (QED) is 0.288. The number of thioether (sulfide) groups is 1. The van der Waals surface area contributed by atoms with Crippen LogP contribution in [0.2, 0.25) is 10.0 Å². The van der Waals surface area contributed by atoms with Crippen LogP contribution in [0.5, 0.6) is 0 Å². The van der Waals surface area contributed by atoms with Gasteiger partial charge in [-0.1, -0.05) is 90.6 Å². The third-order valence-electron chi connectivity index (χ3n) is 6.42. The first-order chi connectivity index (χ1) is 17.5. The van der Waals surface area contributed by atoms with Crippen LogP contribution in [-0.2, 0) is 22.6 Å². The molecule has 1 aliphatic carbocycles. The first-order valence-electron chi connectivity index (χ1n) is 12.2. The van der Waals surface area contributed by atoms with E-state index in [2.05, 4.69) is 5.32 Å². The lowest BCUT2D eigenvalue weighted by atomic mass is 10.0. The van der Waals surface area contributed by atoms with Crippen molar-refractivity contribution in [2.45, 2.75) is 55.6 Å². The maximum Gasteiger partial charge on any atom is 0.243 e. The third-order valence-corrected chi connectivity index (χ3v) is 8.15. The molecule has 0 aliphatic heterocycles. The lowest BCUT2D eigenvalue weighted by Crippen LogP contribution is -2.52. The van der Waals surface area contributed by atoms with Crippen LogP contribution in [0.3, 0.4) is 0 Å². The molecule has 1 fully saturated rings. The molecule has 0 bridgehead atoms. The Morgan fingerprint density at radius 2 is 1.56 bits per heavy atom. The first-order valence-corrected chi connectivity index (χ1v) is 14.0. The van der Waals surface area contributed by atoms with Crippen molar-refractivity contribution in [3.63, 3.8) is 0 Å². The number of nitrogens with zero attached hydrogens (tertiary/aromatic N) is 1. The van der Waals surface area contributed by atoms with E-state index in [1.54, 1.807) is 17.0 Å². The number of hydrogen-bond donors (Lipinski definition) is 1. The Morgan fingerprint density at radius 3 is 2.22 bits per heavy atom. The van der Waals surface area contributed by atoms with Crippen molar-refractivity contribution >= 4 is 46.8 Å². The fraction of sp³-hybridized carbons (Fsp3) is 0.310. The Hall–Kier alpha value is -2.47. The molecule has 4 rings (SSSR count). The zero-order chi connectivity index (χ0) is 25.3. The minimum absolute atomic E-state index is 0.0996. The monoisotopic (exact) mass is 540 g/mol. The van der Waals surface area contributed by atoms with Gasteiger partial charge in [0.15, 0.2) is 0 Å². The summed E-state index contributed by atoms with van der Waals surface area (Å²) in [7, 11) is 0. The van der Waals surface area contributed by atoms with E-state index in [1.807, 2.05) is 66.7 Å². The van der Waals surface area contributed by atoms with Gasteiger partial charge in [0.1, 0.15) is 6.04 Å². The zero-order valence-electron chi connectivity index (χ0n) is 20.0. The van der Waals surface area contributed by atoms with Gasteiger partial charge in [0.2, 0.25) is 11.8 Å². The number of halogens is 2. The Bertz CT molecular complexity index is 1150. The number of amides is 2. The second kappa shape index (κ2) is 13.2. The second-order valence-electron chi connectivity index (χ2n) is 9.07. The van der Waals surface area contributed by atoms with Crippen LogP contribution in [0.1, 0.15) is 36.8 Å². The van der Waals surface area contributed by atoms with Gasteiger partial charge in [0.25, 0.3) is 0 Å². The normalized spacial score (nSPS) is 14.4. The molecular formula is C29H30Cl2N2O2S. The average Bonchev–Trinajstić information content (AvgIpc) is 3.41. The molecule has 0 radical (unpaired) electrons. The van der Waals surface area contributed by atoms with Crippen LogP contribution in [-0.4, -0.2) is 34.6 Å². The highest BCUT2D eigenvalue weighted by molar-refractivity contribution is 8.00. The summed E-state index contributed by atoms with van der Waals surface area (Å²) < 4.78 is 0. The van der Waals surface area contributed by atoms with Crippen LogP contribution < -0.4 is 5.32 Å². The molecule has 188 valence electrons. The summed E-state index contributed by atoms with van der Waals surface area (Å²) in [5.41, 5.74) is 1.83. The maximum absolute atomic E-state index is 13.7. The number of nitrogens with one attached hydrogen (secondary N) is 1. The SMILES string of the molecule is O=C(NC1CCCC1)[C@H](Cc1ccccc1)N(Cc1ccc(Cl)c(Cl)c1)C(=O)CSc1ccccc1. The van der Waals surface area contributed by atoms with Crippen LogP contribution in [0.4, 0.5) is 0 Å². The minimum Gasteiger partial charge on any atom is -0.352 e. The van der Waals surface area contributed by atoms with Gasteiger partial charge in [-0.15, -0.1) is 11.8 Å². The summed E-state index contributed by atoms with van der Waals surface area (Å²) in [6.07, 6.45) is 4.63. The molecule has 4 nitrogen and oxygen atoms in total. The van der Waals surface area contributed by atoms with Gasteiger partial charge < -0.3 is 10.2 Å². The number of carbonyl (C=O) groups is 2. The zero-order valence-corrected chi connectivity index (χ0v) is 22.4. The van der Waals surface area contributed by atoms with E-state index in [0.29, 0.717) is 16.5 Å². The molecule has 2 amide bonds. The van der Waals surface area contributed by atoms with Crippen LogP contribution in [0.15, 0.2) is 83.8 Å². The number of hydrogen-bond acceptors (Lipinski definition) is 3. The van der Waals surface area contributed by atoms with E-state index in [9.17, 15) is 9.59 Å². The van der Waals surface area contributed by atoms with Gasteiger partial charge in [-0.05, 0) is 48.2 Å². The molecular weight excluding hydrogens is 511 g/mol. The van der Waals surface area contributed by atoms with E-state index in [0.717, 1.165) is 41.7 Å². The molecule has 0 unspecified atom stereocenters. The van der Waals surface area contributed by atoms with Crippen molar-refractivity contribution in [2.75, 3.05) is 5.75 Å². The molecule has 7 heteroatoms. The van der Waals surface area contributed by atoms with Crippen molar-refractivity contribution < 1.29 is 9.59 Å². The highest BCUT2D eigenvalue weighted by Gasteiger charge is 2.32. The Labute approximate surface area is 227 Å². The summed E-state index contributed by atoms with van der Waals surface area (Å²) in [6.45, 7) is 0.265. The predicted octanol–water partition coefficient (Wildman–Crippen LogP) is 6.78. The number of benzene rings is 3. The topological polar surface area (TPSA) is 49.4 Å². The van der Waals surface area contributed by atoms with Gasteiger partial charge >= 0.3 is 0 Å². The van der Waals surface area contributed by atoms with Crippen LogP contribution >= 0.6 is 35.0 Å². The minimum atomic E-state index is -0.647. The molecule has 0 spiro atoms. The molecule has 0 saturated heterocycles. The van der Waals surface area contributed by atoms with Crippen LogP contribution in [0.25, 0.3) is 0 Å². The third kappa shape index (κ3) is 7.52. The Morgan fingerprint density at radius 1 is 0.889 bits per heavy atom. The van der Waals surface area contributed by atoms with E-state index >= 15 is 0 Å². The molecule has 3 aromatic rings. The van der Waals surface area contributed by atoms with Crippen LogP contribution in [0, 0.1) is 0 Å². The van der Waals surface area contributed by atoms with Gasteiger partial charge in [-0.25, -0.2) is 0 Å². The van der Waals surface area contributed by atoms with E-state index in [1.165, 1.54) is 11.8 Å². The summed E-state index contributed by atoms with van der Waals surface area (Å²) in [4.78, 5) is 30.1. The van der Waals surface area contributed by atoms with Crippen molar-refractivity contribution in [1.29, 1.82) is 0 Å². The molecule has 0 heterocycles. The Kier molecular flexibility index (Phi) is 9.74. The van der Waals surface area contributed by atoms with E-state index in [-0.39, 0.29) is 30.2 Å². The van der Waals surface area contributed by atoms with Gasteiger partial charge in [0, 0.05) is 23.9 Å². The molecule has 3 aromatic carbocycles. The van der Waals surface area contributed by atoms with Crippen molar-refractivity contribution in [3.05, 3.63) is 100 Å². The lowest BCUT2D eigenvalue weighted by Gasteiger charge is -2.32. The lowest BCUT2D eigenvalue weighted by molar-refractivity contribution is -0.139. The smallest absolute Gasteiger partial charge is 0.243 e. The number of rotatable bonds is 10. The van der Waals surface area contributed by atoms with E-state index in [4.69, 9.17) is 23.2 Å². The first kappa shape index (κ1) is 26.6. The second-order valence-corrected chi connectivity index (χ2v) is 10.9. The molecule has 36 heavy (non-hydrogen) atoms. The molecule has 1 saturated carbocycles. The maximum atomic E-state index is 13.7. The predicted molar refractivity (Wildman–Crippen MR) is 149 cm³/mol. The molecule has 1 aliphatic rings. The van der Waals surface area contributed by atoms with E-state index < -0.39 is 6.04 Å². The summed E-state index contributed by atoms with van der Waals surface area (Å²) in [5, 5.41) is 4.11. The number of carbonyl (C=O) groups excluding carboxylic acids is 2. The highest BCUT2D eigenvalue weighted by atomic mass is 35.5. The van der Waals surface area contributed by atoms with Crippen molar-refractivity contribution in [1.82, 2.24) is 10.2 Å². The average molecular weight is 542 g/mol. The summed E-state index contributed by atoms with van der Waals surface area (Å²) >= 11 is 13.9. The fourth-order valence-corrected chi connectivity index (χ4v) is 5.63. The standard InChI is InChI=1S/C29H30Cl2N2O2S/c30-25-16-15-22(17-26(25)31)19-33(28(34)20-36-24-13-5-2-6-14-24)27(18-21-9-3-1-4-10-21)29(35)32-23-11-7-8-12-23/h1-6,9-10,13-17,23,27H,7-8,11-12,18-20H2,(H,32,35)/t27-/m0/s1. The largest absolute Gasteiger partial charge is 0.352 e. The summed E-state index contributed by atoms with van der Waals surface area (Å²) in [5.74, 6) is 0.0224. The van der Waals surface area contributed by atoms with Crippen molar-refractivity contribution in [2.24, 2.45) is 0 Å². The fourth-order valence-electron chi connectivity index (χ4n) is 4.50. The summed E-state index contributed by atoms with van der Waals surface area (Å²) in [6, 6.07) is 24.5.